The Hall–Kier alpha value is -0.610. The summed E-state index contributed by atoms with van der Waals surface area (Å²) in [5, 5.41) is 3.00. The van der Waals surface area contributed by atoms with E-state index in [0.29, 0.717) is 0 Å². The van der Waals surface area contributed by atoms with Crippen LogP contribution in [0.15, 0.2) is 0 Å². The molecule has 0 spiro atoms. The van der Waals surface area contributed by atoms with Crippen molar-refractivity contribution in [3.05, 3.63) is 0 Å². The molecular weight excluding hydrogens is 190 g/mol. The van der Waals surface area contributed by atoms with E-state index in [1.165, 1.54) is 0 Å². The largest absolute Gasteiger partial charge is 0.355 e. The van der Waals surface area contributed by atoms with E-state index in [-0.39, 0.29) is 11.8 Å². The lowest BCUT2D eigenvalue weighted by molar-refractivity contribution is -0.126. The first-order valence-corrected chi connectivity index (χ1v) is 5.70. The van der Waals surface area contributed by atoms with Gasteiger partial charge in [0.1, 0.15) is 0 Å². The Labute approximate surface area is 92.6 Å². The highest BCUT2D eigenvalue weighted by Crippen LogP contribution is 2.14. The van der Waals surface area contributed by atoms with E-state index < -0.39 is 0 Å². The minimum atomic E-state index is 0.200. The van der Waals surface area contributed by atoms with Gasteiger partial charge in [0.2, 0.25) is 5.91 Å². The molecule has 1 aliphatic heterocycles. The third kappa shape index (κ3) is 4.62. The van der Waals surface area contributed by atoms with Gasteiger partial charge in [-0.1, -0.05) is 0 Å². The molecule has 4 heteroatoms. The van der Waals surface area contributed by atoms with Crippen molar-refractivity contribution < 1.29 is 4.79 Å². The third-order valence-electron chi connectivity index (χ3n) is 2.85. The van der Waals surface area contributed by atoms with Crippen molar-refractivity contribution in [3.63, 3.8) is 0 Å². The van der Waals surface area contributed by atoms with Crippen molar-refractivity contribution in [2.45, 2.75) is 12.8 Å². The van der Waals surface area contributed by atoms with Crippen LogP contribution >= 0.6 is 0 Å². The first-order valence-electron chi connectivity index (χ1n) is 5.70. The Morgan fingerprint density at radius 3 is 2.87 bits per heavy atom. The Morgan fingerprint density at radius 2 is 2.27 bits per heavy atom. The molecule has 1 amide bonds. The maximum atomic E-state index is 11.8. The SMILES string of the molecule is CN(C)CCNC(=O)C1CCCN(C)C1. The molecule has 88 valence electrons. The van der Waals surface area contributed by atoms with E-state index in [1.54, 1.807) is 0 Å². The van der Waals surface area contributed by atoms with E-state index in [0.717, 1.165) is 39.0 Å². The molecule has 0 aromatic rings. The molecule has 1 aliphatic rings. The Balaban J connectivity index is 2.21. The van der Waals surface area contributed by atoms with Gasteiger partial charge in [0, 0.05) is 19.6 Å². The van der Waals surface area contributed by atoms with Crippen LogP contribution in [0, 0.1) is 5.92 Å². The highest BCUT2D eigenvalue weighted by molar-refractivity contribution is 5.78. The third-order valence-corrected chi connectivity index (χ3v) is 2.85. The molecule has 1 fully saturated rings. The summed E-state index contributed by atoms with van der Waals surface area (Å²) >= 11 is 0. The number of piperidine rings is 1. The fourth-order valence-corrected chi connectivity index (χ4v) is 1.93. The number of carbonyl (C=O) groups excluding carboxylic acids is 1. The van der Waals surface area contributed by atoms with Crippen LogP contribution in [0.25, 0.3) is 0 Å². The molecule has 0 aliphatic carbocycles. The topological polar surface area (TPSA) is 35.6 Å². The fraction of sp³-hybridized carbons (Fsp3) is 0.909. The molecule has 1 atom stereocenters. The maximum absolute atomic E-state index is 11.8. The van der Waals surface area contributed by atoms with Crippen molar-refractivity contribution in [1.82, 2.24) is 15.1 Å². The van der Waals surface area contributed by atoms with Crippen molar-refractivity contribution in [2.24, 2.45) is 5.92 Å². The van der Waals surface area contributed by atoms with Crippen molar-refractivity contribution in [2.75, 3.05) is 47.3 Å². The van der Waals surface area contributed by atoms with E-state index >= 15 is 0 Å². The Kier molecular flexibility index (Phi) is 5.05. The molecule has 0 radical (unpaired) electrons. The molecule has 1 N–H and O–H groups in total. The summed E-state index contributed by atoms with van der Waals surface area (Å²) in [5.41, 5.74) is 0. The monoisotopic (exact) mass is 213 g/mol. The first-order chi connectivity index (χ1) is 7.09. The highest BCUT2D eigenvalue weighted by Gasteiger charge is 2.23. The zero-order valence-electron chi connectivity index (χ0n) is 10.1. The van der Waals surface area contributed by atoms with Crippen molar-refractivity contribution >= 4 is 5.91 Å². The van der Waals surface area contributed by atoms with E-state index in [1.807, 2.05) is 14.1 Å². The predicted molar refractivity (Wildman–Crippen MR) is 61.8 cm³/mol. The minimum absolute atomic E-state index is 0.200. The summed E-state index contributed by atoms with van der Waals surface area (Å²) in [5.74, 6) is 0.425. The number of carbonyl (C=O) groups is 1. The van der Waals surface area contributed by atoms with Crippen LogP contribution in [0.5, 0.6) is 0 Å². The molecular formula is C11H23N3O. The molecule has 0 bridgehead atoms. The van der Waals surface area contributed by atoms with Crippen molar-refractivity contribution in [3.8, 4) is 0 Å². The van der Waals surface area contributed by atoms with Crippen LogP contribution in [0.1, 0.15) is 12.8 Å². The van der Waals surface area contributed by atoms with Gasteiger partial charge in [0.15, 0.2) is 0 Å². The van der Waals surface area contributed by atoms with Crippen LogP contribution < -0.4 is 5.32 Å². The summed E-state index contributed by atoms with van der Waals surface area (Å²) in [6, 6.07) is 0. The van der Waals surface area contributed by atoms with Crippen molar-refractivity contribution in [1.29, 1.82) is 0 Å². The van der Waals surface area contributed by atoms with Gasteiger partial charge >= 0.3 is 0 Å². The Bertz CT molecular complexity index is 206. The molecule has 1 unspecified atom stereocenters. The summed E-state index contributed by atoms with van der Waals surface area (Å²) < 4.78 is 0. The summed E-state index contributed by atoms with van der Waals surface area (Å²) in [7, 11) is 6.11. The predicted octanol–water partition coefficient (Wildman–Crippen LogP) is 0.00600. The van der Waals surface area contributed by atoms with Gasteiger partial charge in [-0.3, -0.25) is 4.79 Å². The fourth-order valence-electron chi connectivity index (χ4n) is 1.93. The smallest absolute Gasteiger partial charge is 0.224 e. The maximum Gasteiger partial charge on any atom is 0.224 e. The molecule has 0 aromatic heterocycles. The zero-order valence-corrected chi connectivity index (χ0v) is 10.1. The normalized spacial score (nSPS) is 23.1. The Morgan fingerprint density at radius 1 is 1.53 bits per heavy atom. The van der Waals surface area contributed by atoms with Gasteiger partial charge < -0.3 is 15.1 Å². The second-order valence-electron chi connectivity index (χ2n) is 4.70. The molecule has 4 nitrogen and oxygen atoms in total. The summed E-state index contributed by atoms with van der Waals surface area (Å²) in [6.07, 6.45) is 2.18. The van der Waals surface area contributed by atoms with E-state index in [2.05, 4.69) is 22.2 Å². The number of amides is 1. The quantitative estimate of drug-likeness (QED) is 0.714. The standard InChI is InChI=1S/C11H23N3O/c1-13(2)8-6-12-11(15)10-5-4-7-14(3)9-10/h10H,4-9H2,1-3H3,(H,12,15). The van der Waals surface area contributed by atoms with E-state index in [9.17, 15) is 4.79 Å². The van der Waals surface area contributed by atoms with Gasteiger partial charge in [0.25, 0.3) is 0 Å². The molecule has 1 heterocycles. The van der Waals surface area contributed by atoms with Crippen LogP contribution in [-0.2, 0) is 4.79 Å². The van der Waals surface area contributed by atoms with Gasteiger partial charge in [0.05, 0.1) is 5.92 Å². The molecule has 1 rings (SSSR count). The van der Waals surface area contributed by atoms with Crippen LogP contribution in [0.4, 0.5) is 0 Å². The molecule has 1 saturated heterocycles. The minimum Gasteiger partial charge on any atom is -0.355 e. The number of hydrogen-bond donors (Lipinski definition) is 1. The van der Waals surface area contributed by atoms with Gasteiger partial charge in [-0.2, -0.15) is 0 Å². The van der Waals surface area contributed by atoms with Gasteiger partial charge in [-0.25, -0.2) is 0 Å². The average Bonchev–Trinajstić information content (AvgIpc) is 2.17. The number of hydrogen-bond acceptors (Lipinski definition) is 3. The summed E-state index contributed by atoms with van der Waals surface area (Å²) in [4.78, 5) is 16.1. The second kappa shape index (κ2) is 6.08. The lowest BCUT2D eigenvalue weighted by Gasteiger charge is -2.28. The van der Waals surface area contributed by atoms with Gasteiger partial charge in [-0.05, 0) is 40.5 Å². The molecule has 0 saturated carbocycles. The second-order valence-corrected chi connectivity index (χ2v) is 4.70. The number of rotatable bonds is 4. The lowest BCUT2D eigenvalue weighted by Crippen LogP contribution is -2.42. The molecule has 0 aromatic carbocycles. The number of nitrogens with one attached hydrogen (secondary N) is 1. The van der Waals surface area contributed by atoms with Crippen LogP contribution in [0.2, 0.25) is 0 Å². The average molecular weight is 213 g/mol. The van der Waals surface area contributed by atoms with Gasteiger partial charge in [-0.15, -0.1) is 0 Å². The van der Waals surface area contributed by atoms with Crippen LogP contribution in [0.3, 0.4) is 0 Å². The molecule has 15 heavy (non-hydrogen) atoms. The highest BCUT2D eigenvalue weighted by atomic mass is 16.1. The number of likely N-dealkylation sites (N-methyl/N-ethyl adjacent to an activating group) is 1. The number of nitrogens with zero attached hydrogens (tertiary/aromatic N) is 2. The lowest BCUT2D eigenvalue weighted by atomic mass is 9.98. The summed E-state index contributed by atoms with van der Waals surface area (Å²) in [6.45, 7) is 3.70. The first kappa shape index (κ1) is 12.5. The van der Waals surface area contributed by atoms with Crippen LogP contribution in [-0.4, -0.2) is 63.0 Å². The number of likely N-dealkylation sites (tertiary alicyclic amines) is 1. The van der Waals surface area contributed by atoms with E-state index in [4.69, 9.17) is 0 Å². The zero-order chi connectivity index (χ0) is 11.3.